The van der Waals surface area contributed by atoms with Crippen LogP contribution in [0.3, 0.4) is 0 Å². The molecule has 1 aromatic rings. The number of piperazine rings is 1. The molecule has 0 bridgehead atoms. The van der Waals surface area contributed by atoms with E-state index in [1.54, 1.807) is 12.1 Å². The van der Waals surface area contributed by atoms with E-state index in [1.807, 2.05) is 18.2 Å². The molecule has 0 saturated carbocycles. The minimum absolute atomic E-state index is 0.100. The Kier molecular flexibility index (Phi) is 2.74. The third kappa shape index (κ3) is 2.08. The molecule has 5 heteroatoms. The molecule has 5 nitrogen and oxygen atoms in total. The lowest BCUT2D eigenvalue weighted by atomic mass is 10.1. The van der Waals surface area contributed by atoms with E-state index >= 15 is 0 Å². The molecule has 2 rings (SSSR count). The largest absolute Gasteiger partial charge is 0.318 e. The summed E-state index contributed by atoms with van der Waals surface area (Å²) in [6.07, 6.45) is 1.53. The van der Waals surface area contributed by atoms with E-state index in [1.165, 1.54) is 13.1 Å². The summed E-state index contributed by atoms with van der Waals surface area (Å²) in [6, 6.07) is 9.07. The third-order valence-corrected chi connectivity index (χ3v) is 2.39. The highest BCUT2D eigenvalue weighted by molar-refractivity contribution is 6.42. The molecule has 0 aromatic heterocycles. The van der Waals surface area contributed by atoms with Gasteiger partial charge in [0.2, 0.25) is 0 Å². The first-order valence-electron chi connectivity index (χ1n) is 4.99. The van der Waals surface area contributed by atoms with Crippen molar-refractivity contribution >= 4 is 23.8 Å². The second-order valence-electron chi connectivity index (χ2n) is 3.59. The molecule has 1 heterocycles. The number of rotatable bonds is 1. The Bertz CT molecular complexity index is 520. The lowest BCUT2D eigenvalue weighted by molar-refractivity contribution is -0.152. The predicted octanol–water partition coefficient (Wildman–Crippen LogP) is 0.142. The van der Waals surface area contributed by atoms with Crippen LogP contribution in [0.4, 0.5) is 0 Å². The highest BCUT2D eigenvalue weighted by Crippen LogP contribution is 2.10. The molecule has 0 unspecified atom stereocenters. The van der Waals surface area contributed by atoms with Gasteiger partial charge in [-0.15, -0.1) is 0 Å². The standard InChI is InChI=1S/C12H10N2O3/c1-14-11(16)9(13-10(15)12(14)17)7-8-5-3-2-4-6-8/h2-7H,1H3,(H,13,15). The van der Waals surface area contributed by atoms with Crippen LogP contribution in [0.2, 0.25) is 0 Å². The molecular weight excluding hydrogens is 220 g/mol. The van der Waals surface area contributed by atoms with E-state index < -0.39 is 17.7 Å². The SMILES string of the molecule is CN1C(=O)C(=O)NC(=Cc2ccccc2)C1=O. The van der Waals surface area contributed by atoms with Crippen molar-refractivity contribution in [3.8, 4) is 0 Å². The highest BCUT2D eigenvalue weighted by atomic mass is 16.2. The van der Waals surface area contributed by atoms with Gasteiger partial charge in [-0.25, -0.2) is 0 Å². The molecule has 1 aliphatic rings. The van der Waals surface area contributed by atoms with E-state index in [-0.39, 0.29) is 5.70 Å². The number of imide groups is 1. The van der Waals surface area contributed by atoms with E-state index in [9.17, 15) is 14.4 Å². The van der Waals surface area contributed by atoms with Gasteiger partial charge < -0.3 is 5.32 Å². The van der Waals surface area contributed by atoms with Crippen LogP contribution in [0.5, 0.6) is 0 Å². The van der Waals surface area contributed by atoms with E-state index in [2.05, 4.69) is 5.32 Å². The van der Waals surface area contributed by atoms with Crippen LogP contribution in [0.1, 0.15) is 5.56 Å². The lowest BCUT2D eigenvalue weighted by Crippen LogP contribution is -2.52. The number of carbonyl (C=O) groups excluding carboxylic acids is 3. The van der Waals surface area contributed by atoms with Crippen molar-refractivity contribution in [2.75, 3.05) is 7.05 Å². The molecular formula is C12H10N2O3. The summed E-state index contributed by atoms with van der Waals surface area (Å²) in [7, 11) is 1.28. The first-order chi connectivity index (χ1) is 8.09. The van der Waals surface area contributed by atoms with Gasteiger partial charge in [-0.1, -0.05) is 30.3 Å². The van der Waals surface area contributed by atoms with Crippen molar-refractivity contribution < 1.29 is 14.4 Å². The van der Waals surface area contributed by atoms with E-state index in [4.69, 9.17) is 0 Å². The molecule has 1 aromatic carbocycles. The molecule has 86 valence electrons. The van der Waals surface area contributed by atoms with Crippen molar-refractivity contribution in [2.45, 2.75) is 0 Å². The summed E-state index contributed by atoms with van der Waals surface area (Å²) < 4.78 is 0. The number of nitrogens with one attached hydrogen (secondary N) is 1. The van der Waals surface area contributed by atoms with Gasteiger partial charge in [0.1, 0.15) is 5.70 Å². The smallest absolute Gasteiger partial charge is 0.313 e. The Balaban J connectivity index is 2.34. The molecule has 1 aliphatic heterocycles. The molecule has 0 aliphatic carbocycles. The van der Waals surface area contributed by atoms with Crippen LogP contribution in [0.25, 0.3) is 6.08 Å². The Morgan fingerprint density at radius 1 is 1.06 bits per heavy atom. The first kappa shape index (κ1) is 11.1. The first-order valence-corrected chi connectivity index (χ1v) is 4.99. The summed E-state index contributed by atoms with van der Waals surface area (Å²) in [5.41, 5.74) is 0.877. The Hall–Kier alpha value is -2.43. The monoisotopic (exact) mass is 230 g/mol. The van der Waals surface area contributed by atoms with Crippen molar-refractivity contribution in [1.82, 2.24) is 10.2 Å². The number of benzene rings is 1. The number of carbonyl (C=O) groups is 3. The van der Waals surface area contributed by atoms with Crippen LogP contribution < -0.4 is 5.32 Å². The van der Waals surface area contributed by atoms with Crippen molar-refractivity contribution in [3.05, 3.63) is 41.6 Å². The predicted molar refractivity (Wildman–Crippen MR) is 60.3 cm³/mol. The zero-order valence-corrected chi connectivity index (χ0v) is 9.14. The fourth-order valence-corrected chi connectivity index (χ4v) is 1.47. The molecule has 0 spiro atoms. The number of likely N-dealkylation sites (N-methyl/N-ethyl adjacent to an activating group) is 1. The van der Waals surface area contributed by atoms with Gasteiger partial charge >= 0.3 is 11.8 Å². The minimum Gasteiger partial charge on any atom is -0.313 e. The molecule has 3 amide bonds. The van der Waals surface area contributed by atoms with Crippen LogP contribution in [0.15, 0.2) is 36.0 Å². The zero-order valence-electron chi connectivity index (χ0n) is 9.14. The summed E-state index contributed by atoms with van der Waals surface area (Å²) >= 11 is 0. The van der Waals surface area contributed by atoms with E-state index in [0.29, 0.717) is 0 Å². The van der Waals surface area contributed by atoms with Gasteiger partial charge in [-0.05, 0) is 11.6 Å². The second kappa shape index (κ2) is 4.21. The zero-order chi connectivity index (χ0) is 12.4. The quantitative estimate of drug-likeness (QED) is 0.424. The maximum absolute atomic E-state index is 11.7. The molecule has 1 N–H and O–H groups in total. The minimum atomic E-state index is -0.847. The van der Waals surface area contributed by atoms with Crippen LogP contribution in [-0.2, 0) is 14.4 Å². The summed E-state index contributed by atoms with van der Waals surface area (Å²) in [5, 5.41) is 2.28. The molecule has 0 radical (unpaired) electrons. The number of nitrogens with zero attached hydrogens (tertiary/aromatic N) is 1. The fourth-order valence-electron chi connectivity index (χ4n) is 1.47. The maximum Gasteiger partial charge on any atom is 0.318 e. The average Bonchev–Trinajstić information content (AvgIpc) is 2.35. The lowest BCUT2D eigenvalue weighted by Gasteiger charge is -2.22. The third-order valence-electron chi connectivity index (χ3n) is 2.39. The van der Waals surface area contributed by atoms with Crippen molar-refractivity contribution in [2.24, 2.45) is 0 Å². The van der Waals surface area contributed by atoms with Crippen LogP contribution in [-0.4, -0.2) is 29.7 Å². The van der Waals surface area contributed by atoms with Crippen molar-refractivity contribution in [3.63, 3.8) is 0 Å². The summed E-state index contributed by atoms with van der Waals surface area (Å²) in [6.45, 7) is 0. The number of amides is 3. The van der Waals surface area contributed by atoms with Gasteiger partial charge in [-0.3, -0.25) is 19.3 Å². The van der Waals surface area contributed by atoms with Crippen molar-refractivity contribution in [1.29, 1.82) is 0 Å². The van der Waals surface area contributed by atoms with E-state index in [0.717, 1.165) is 10.5 Å². The second-order valence-corrected chi connectivity index (χ2v) is 3.59. The topological polar surface area (TPSA) is 66.5 Å². The number of hydrogen-bond acceptors (Lipinski definition) is 3. The fraction of sp³-hybridized carbons (Fsp3) is 0.0833. The van der Waals surface area contributed by atoms with Gasteiger partial charge in [-0.2, -0.15) is 0 Å². The Labute approximate surface area is 97.7 Å². The van der Waals surface area contributed by atoms with Crippen LogP contribution >= 0.6 is 0 Å². The highest BCUT2D eigenvalue weighted by Gasteiger charge is 2.33. The average molecular weight is 230 g/mol. The van der Waals surface area contributed by atoms with Gasteiger partial charge in [0.25, 0.3) is 5.91 Å². The molecule has 0 atom stereocenters. The maximum atomic E-state index is 11.7. The van der Waals surface area contributed by atoms with Gasteiger partial charge in [0, 0.05) is 7.05 Å². The van der Waals surface area contributed by atoms with Gasteiger partial charge in [0.05, 0.1) is 0 Å². The Morgan fingerprint density at radius 2 is 1.71 bits per heavy atom. The Morgan fingerprint density at radius 3 is 2.35 bits per heavy atom. The number of hydrogen-bond donors (Lipinski definition) is 1. The summed E-state index contributed by atoms with van der Waals surface area (Å²) in [5.74, 6) is -2.16. The van der Waals surface area contributed by atoms with Crippen LogP contribution in [0, 0.1) is 0 Å². The molecule has 1 fully saturated rings. The van der Waals surface area contributed by atoms with Gasteiger partial charge in [0.15, 0.2) is 0 Å². The molecule has 1 saturated heterocycles. The molecule has 17 heavy (non-hydrogen) atoms. The normalized spacial score (nSPS) is 18.5. The summed E-state index contributed by atoms with van der Waals surface area (Å²) in [4.78, 5) is 35.0.